The van der Waals surface area contributed by atoms with Crippen LogP contribution in [-0.4, -0.2) is 84.9 Å². The van der Waals surface area contributed by atoms with Crippen LogP contribution < -0.4 is 10.6 Å². The number of likely N-dealkylation sites (N-methyl/N-ethyl adjacent to an activating group) is 1. The van der Waals surface area contributed by atoms with Crippen molar-refractivity contribution in [3.63, 3.8) is 0 Å². The molecule has 1 aliphatic carbocycles. The fourth-order valence-corrected chi connectivity index (χ4v) is 5.26. The van der Waals surface area contributed by atoms with Gasteiger partial charge in [0.2, 0.25) is 5.91 Å². The Kier molecular flexibility index (Phi) is 7.83. The van der Waals surface area contributed by atoms with Crippen LogP contribution in [0.15, 0.2) is 0 Å². The molecule has 1 saturated carbocycles. The Hall–Kier alpha value is -2.53. The molecule has 0 bridgehead atoms. The lowest BCUT2D eigenvalue weighted by Crippen LogP contribution is -2.57. The lowest BCUT2D eigenvalue weighted by atomic mass is 9.81. The summed E-state index contributed by atoms with van der Waals surface area (Å²) in [6, 6.07) is -0.991. The average Bonchev–Trinajstić information content (AvgIpc) is 3.17. The number of amides is 3. The van der Waals surface area contributed by atoms with Crippen molar-refractivity contribution in [1.29, 1.82) is 0 Å². The summed E-state index contributed by atoms with van der Waals surface area (Å²) in [5.41, 5.74) is 0.953. The molecule has 0 spiro atoms. The van der Waals surface area contributed by atoms with Gasteiger partial charge in [-0.2, -0.15) is 0 Å². The molecule has 1 aromatic heterocycles. The van der Waals surface area contributed by atoms with Crippen molar-refractivity contribution in [2.75, 3.05) is 34.3 Å². The summed E-state index contributed by atoms with van der Waals surface area (Å²) < 4.78 is 4.77. The molecule has 1 fully saturated rings. The normalized spacial score (nSPS) is 23.1. The van der Waals surface area contributed by atoms with Crippen LogP contribution in [0, 0.1) is 5.92 Å². The zero-order valence-electron chi connectivity index (χ0n) is 19.0. The summed E-state index contributed by atoms with van der Waals surface area (Å²) in [6.45, 7) is 3.39. The first-order chi connectivity index (χ1) is 15.2. The fourth-order valence-electron chi connectivity index (χ4n) is 4.17. The van der Waals surface area contributed by atoms with E-state index in [-0.39, 0.29) is 24.3 Å². The molecule has 2 heterocycles. The lowest BCUT2D eigenvalue weighted by molar-refractivity contribution is -0.155. The van der Waals surface area contributed by atoms with E-state index in [9.17, 15) is 19.2 Å². The van der Waals surface area contributed by atoms with Gasteiger partial charge in [0.25, 0.3) is 5.91 Å². The first kappa shape index (κ1) is 24.1. The standard InChI is InChI=1S/C21H31N5O5S/c1-5-31-21(30)18(28)22-13-7-6-12(20(29)25(2)3)10-15(13)23-17(27)19-24-14-8-9-26(4)11-16(14)32-19/h12-13,15H,5-11H2,1-4H3,(H,22,28)(H,23,27). The van der Waals surface area contributed by atoms with Crippen molar-refractivity contribution in [2.45, 2.75) is 51.2 Å². The van der Waals surface area contributed by atoms with E-state index in [0.29, 0.717) is 24.3 Å². The SMILES string of the molecule is CCOC(=O)C(=O)NC1CCC(C(=O)N(C)C)CC1NC(=O)c1nc2c(s1)CN(C)CC2. The van der Waals surface area contributed by atoms with Crippen molar-refractivity contribution in [2.24, 2.45) is 5.92 Å². The molecule has 1 aliphatic heterocycles. The molecule has 0 saturated heterocycles. The molecule has 10 nitrogen and oxygen atoms in total. The molecular weight excluding hydrogens is 434 g/mol. The molecule has 3 amide bonds. The molecule has 3 unspecified atom stereocenters. The number of hydrogen-bond acceptors (Lipinski definition) is 8. The minimum absolute atomic E-state index is 0.0211. The van der Waals surface area contributed by atoms with Crippen molar-refractivity contribution >= 4 is 35.0 Å². The van der Waals surface area contributed by atoms with Crippen molar-refractivity contribution in [1.82, 2.24) is 25.4 Å². The molecule has 2 aliphatic rings. The monoisotopic (exact) mass is 465 g/mol. The van der Waals surface area contributed by atoms with Crippen LogP contribution in [0.3, 0.4) is 0 Å². The van der Waals surface area contributed by atoms with Crippen LogP contribution in [0.4, 0.5) is 0 Å². The fraction of sp³-hybridized carbons (Fsp3) is 0.667. The Labute approximate surface area is 191 Å². The third kappa shape index (κ3) is 5.63. The average molecular weight is 466 g/mol. The maximum Gasteiger partial charge on any atom is 0.396 e. The number of nitrogens with zero attached hydrogens (tertiary/aromatic N) is 3. The van der Waals surface area contributed by atoms with Gasteiger partial charge in [-0.1, -0.05) is 0 Å². The zero-order chi connectivity index (χ0) is 23.4. The first-order valence-electron chi connectivity index (χ1n) is 10.9. The predicted octanol–water partition coefficient (Wildman–Crippen LogP) is 0.166. The molecular formula is C21H31N5O5S. The van der Waals surface area contributed by atoms with E-state index in [1.54, 1.807) is 21.0 Å². The van der Waals surface area contributed by atoms with Crippen LogP contribution in [0.25, 0.3) is 0 Å². The van der Waals surface area contributed by atoms with E-state index < -0.39 is 24.0 Å². The number of thiazole rings is 1. The van der Waals surface area contributed by atoms with Gasteiger partial charge in [-0.15, -0.1) is 11.3 Å². The lowest BCUT2D eigenvalue weighted by Gasteiger charge is -2.36. The highest BCUT2D eigenvalue weighted by Gasteiger charge is 2.37. The van der Waals surface area contributed by atoms with Gasteiger partial charge in [0.15, 0.2) is 5.01 Å². The van der Waals surface area contributed by atoms with Crippen molar-refractivity contribution in [3.8, 4) is 0 Å². The van der Waals surface area contributed by atoms with Crippen LogP contribution >= 0.6 is 11.3 Å². The molecule has 0 radical (unpaired) electrons. The largest absolute Gasteiger partial charge is 0.459 e. The number of hydrogen-bond donors (Lipinski definition) is 2. The van der Waals surface area contributed by atoms with Crippen molar-refractivity contribution < 1.29 is 23.9 Å². The number of carbonyl (C=O) groups is 4. The third-order valence-electron chi connectivity index (χ3n) is 5.85. The summed E-state index contributed by atoms with van der Waals surface area (Å²) in [4.78, 5) is 58.8. The quantitative estimate of drug-likeness (QED) is 0.470. The number of ether oxygens (including phenoxy) is 1. The van der Waals surface area contributed by atoms with E-state index >= 15 is 0 Å². The van der Waals surface area contributed by atoms with Gasteiger partial charge in [0, 0.05) is 50.4 Å². The van der Waals surface area contributed by atoms with E-state index in [2.05, 4.69) is 20.5 Å². The summed E-state index contributed by atoms with van der Waals surface area (Å²) in [5, 5.41) is 6.02. The number of esters is 1. The van der Waals surface area contributed by atoms with Crippen LogP contribution in [0.2, 0.25) is 0 Å². The maximum absolute atomic E-state index is 13.0. The highest BCUT2D eigenvalue weighted by atomic mass is 32.1. The Bertz CT molecular complexity index is 886. The summed E-state index contributed by atoms with van der Waals surface area (Å²) >= 11 is 1.37. The smallest absolute Gasteiger partial charge is 0.396 e. The van der Waals surface area contributed by atoms with Gasteiger partial charge in [0.1, 0.15) is 0 Å². The van der Waals surface area contributed by atoms with E-state index in [1.807, 2.05) is 7.05 Å². The van der Waals surface area contributed by atoms with E-state index in [1.165, 1.54) is 16.2 Å². The van der Waals surface area contributed by atoms with Gasteiger partial charge in [0.05, 0.1) is 18.3 Å². The molecule has 176 valence electrons. The number of aromatic nitrogens is 1. The second kappa shape index (κ2) is 10.4. The molecule has 2 N–H and O–H groups in total. The first-order valence-corrected chi connectivity index (χ1v) is 11.7. The Morgan fingerprint density at radius 3 is 2.62 bits per heavy atom. The topological polar surface area (TPSA) is 121 Å². The number of rotatable bonds is 5. The van der Waals surface area contributed by atoms with Crippen molar-refractivity contribution in [3.05, 3.63) is 15.6 Å². The summed E-state index contributed by atoms with van der Waals surface area (Å²) in [7, 11) is 5.42. The van der Waals surface area contributed by atoms with Gasteiger partial charge in [-0.3, -0.25) is 14.4 Å². The molecule has 11 heteroatoms. The Balaban J connectivity index is 1.74. The van der Waals surface area contributed by atoms with Gasteiger partial charge in [-0.05, 0) is 33.2 Å². The second-order valence-electron chi connectivity index (χ2n) is 8.50. The van der Waals surface area contributed by atoms with Crippen LogP contribution in [-0.2, 0) is 32.1 Å². The Morgan fingerprint density at radius 2 is 1.94 bits per heavy atom. The molecule has 32 heavy (non-hydrogen) atoms. The number of carbonyl (C=O) groups excluding carboxylic acids is 4. The number of fused-ring (bicyclic) bond motifs is 1. The second-order valence-corrected chi connectivity index (χ2v) is 9.58. The predicted molar refractivity (Wildman–Crippen MR) is 118 cm³/mol. The van der Waals surface area contributed by atoms with E-state index in [0.717, 1.165) is 30.1 Å². The molecule has 3 atom stereocenters. The maximum atomic E-state index is 13.0. The van der Waals surface area contributed by atoms with Gasteiger partial charge in [-0.25, -0.2) is 9.78 Å². The summed E-state index contributed by atoms with van der Waals surface area (Å²) in [6.07, 6.45) is 2.18. The van der Waals surface area contributed by atoms with Gasteiger partial charge < -0.3 is 25.2 Å². The minimum Gasteiger partial charge on any atom is -0.459 e. The number of nitrogens with one attached hydrogen (secondary N) is 2. The third-order valence-corrected chi connectivity index (χ3v) is 6.93. The summed E-state index contributed by atoms with van der Waals surface area (Å²) in [5.74, 6) is -2.43. The van der Waals surface area contributed by atoms with Crippen LogP contribution in [0.5, 0.6) is 0 Å². The zero-order valence-corrected chi connectivity index (χ0v) is 19.8. The molecule has 3 rings (SSSR count). The minimum atomic E-state index is -0.958. The van der Waals surface area contributed by atoms with E-state index in [4.69, 9.17) is 4.74 Å². The van der Waals surface area contributed by atoms with Gasteiger partial charge >= 0.3 is 11.9 Å². The van der Waals surface area contributed by atoms with Crippen LogP contribution in [0.1, 0.15) is 46.6 Å². The highest BCUT2D eigenvalue weighted by molar-refractivity contribution is 7.13. The molecule has 1 aromatic rings. The molecule has 0 aromatic carbocycles. The highest BCUT2D eigenvalue weighted by Crippen LogP contribution is 2.28. The Morgan fingerprint density at radius 1 is 1.19 bits per heavy atom.